The molecule has 0 heterocycles. The molecular weight excluding hydrogens is 380 g/mol. The second-order valence-corrected chi connectivity index (χ2v) is 12.3. The Balaban J connectivity index is 1.40. The van der Waals surface area contributed by atoms with Gasteiger partial charge >= 0.3 is 0 Å². The van der Waals surface area contributed by atoms with Gasteiger partial charge in [-0.3, -0.25) is 0 Å². The van der Waals surface area contributed by atoms with Crippen LogP contribution in [0.3, 0.4) is 0 Å². The molecular formula is C29H42O2. The van der Waals surface area contributed by atoms with Crippen LogP contribution in [0, 0.1) is 34.5 Å². The molecule has 0 saturated heterocycles. The number of hydrogen-bond donors (Lipinski definition) is 2. The minimum atomic E-state index is -0.304. The van der Waals surface area contributed by atoms with Crippen LogP contribution >= 0.6 is 0 Å². The lowest BCUT2D eigenvalue weighted by Gasteiger charge is -2.60. The number of hydrogen-bond acceptors (Lipinski definition) is 2. The number of aliphatic hydroxyl groups is 2. The van der Waals surface area contributed by atoms with Crippen molar-refractivity contribution in [1.82, 2.24) is 0 Å². The highest BCUT2D eigenvalue weighted by Gasteiger charge is 2.61. The Labute approximate surface area is 189 Å². The zero-order valence-electron chi connectivity index (χ0n) is 20.0. The molecule has 2 heteroatoms. The molecule has 170 valence electrons. The second kappa shape index (κ2) is 7.73. The quantitative estimate of drug-likeness (QED) is 0.566. The van der Waals surface area contributed by atoms with Crippen LogP contribution in [0.2, 0.25) is 0 Å². The zero-order chi connectivity index (χ0) is 22.0. The average molecular weight is 423 g/mol. The Hall–Kier alpha value is -1.12. The summed E-state index contributed by atoms with van der Waals surface area (Å²) in [6.45, 7) is 9.39. The topological polar surface area (TPSA) is 40.5 Å². The van der Waals surface area contributed by atoms with Crippen LogP contribution in [-0.2, 0) is 0 Å². The molecule has 2 N–H and O–H groups in total. The van der Waals surface area contributed by atoms with E-state index in [0.29, 0.717) is 23.2 Å². The Bertz CT molecular complexity index is 839. The SMILES string of the molecule is CC(C)c1ccc(/C=C2\C[C@H]3[C@@H]4CC[C@@H]5C[C@H](O)CC[C@]5(C)[C@H]4CC[C@]3(C)[C@@H]2O)cc1. The van der Waals surface area contributed by atoms with Crippen LogP contribution in [0.25, 0.3) is 6.08 Å². The molecule has 4 aliphatic carbocycles. The van der Waals surface area contributed by atoms with E-state index < -0.39 is 0 Å². The van der Waals surface area contributed by atoms with Crippen LogP contribution < -0.4 is 0 Å². The normalized spacial score (nSPS) is 46.0. The Morgan fingerprint density at radius 3 is 2.32 bits per heavy atom. The number of rotatable bonds is 2. The molecule has 0 aromatic heterocycles. The smallest absolute Gasteiger partial charge is 0.0809 e. The van der Waals surface area contributed by atoms with Crippen LogP contribution in [0.4, 0.5) is 0 Å². The molecule has 31 heavy (non-hydrogen) atoms. The van der Waals surface area contributed by atoms with E-state index in [1.54, 1.807) is 0 Å². The summed E-state index contributed by atoms with van der Waals surface area (Å²) in [7, 11) is 0. The van der Waals surface area contributed by atoms with E-state index in [9.17, 15) is 10.2 Å². The van der Waals surface area contributed by atoms with Gasteiger partial charge in [0.2, 0.25) is 0 Å². The summed E-state index contributed by atoms with van der Waals surface area (Å²) in [5.41, 5.74) is 4.29. The highest BCUT2D eigenvalue weighted by Crippen LogP contribution is 2.67. The van der Waals surface area contributed by atoms with Crippen LogP contribution in [0.15, 0.2) is 29.8 Å². The lowest BCUT2D eigenvalue weighted by Crippen LogP contribution is -2.54. The fourth-order valence-corrected chi connectivity index (χ4v) is 8.43. The third-order valence-electron chi connectivity index (χ3n) is 10.5. The first-order chi connectivity index (χ1) is 14.7. The van der Waals surface area contributed by atoms with Crippen molar-refractivity contribution in [1.29, 1.82) is 0 Å². The summed E-state index contributed by atoms with van der Waals surface area (Å²) in [5.74, 6) is 3.36. The summed E-state index contributed by atoms with van der Waals surface area (Å²) in [5, 5.41) is 21.7. The summed E-state index contributed by atoms with van der Waals surface area (Å²) in [4.78, 5) is 0. The largest absolute Gasteiger partial charge is 0.393 e. The van der Waals surface area contributed by atoms with E-state index in [4.69, 9.17) is 0 Å². The van der Waals surface area contributed by atoms with Gasteiger partial charge in [-0.05, 0) is 103 Å². The molecule has 4 saturated carbocycles. The summed E-state index contributed by atoms with van der Waals surface area (Å²) >= 11 is 0. The number of benzene rings is 1. The molecule has 4 aliphatic rings. The third-order valence-corrected chi connectivity index (χ3v) is 10.5. The molecule has 0 radical (unpaired) electrons. The summed E-state index contributed by atoms with van der Waals surface area (Å²) in [6, 6.07) is 8.93. The van der Waals surface area contributed by atoms with Crippen LogP contribution in [0.5, 0.6) is 0 Å². The van der Waals surface area contributed by atoms with Crippen molar-refractivity contribution in [3.8, 4) is 0 Å². The molecule has 2 nitrogen and oxygen atoms in total. The highest BCUT2D eigenvalue weighted by molar-refractivity contribution is 5.56. The second-order valence-electron chi connectivity index (χ2n) is 12.3. The Kier molecular flexibility index (Phi) is 5.42. The van der Waals surface area contributed by atoms with E-state index in [-0.39, 0.29) is 17.6 Å². The third kappa shape index (κ3) is 3.44. The molecule has 8 atom stereocenters. The van der Waals surface area contributed by atoms with E-state index in [0.717, 1.165) is 37.5 Å². The first kappa shape index (κ1) is 21.7. The fraction of sp³-hybridized carbons (Fsp3) is 0.724. The van der Waals surface area contributed by atoms with Gasteiger partial charge in [-0.25, -0.2) is 0 Å². The highest BCUT2D eigenvalue weighted by atomic mass is 16.3. The van der Waals surface area contributed by atoms with Gasteiger partial charge in [-0.15, -0.1) is 0 Å². The van der Waals surface area contributed by atoms with E-state index in [1.165, 1.54) is 42.4 Å². The standard InChI is InChI=1S/C29H42O2/c1-18(2)20-7-5-19(6-8-20)15-21-16-26-24-10-9-22-17-23(30)11-13-28(22,3)25(24)12-14-29(26,4)27(21)31/h5-8,15,18,22-27,30-31H,9-14,16-17H2,1-4H3/b21-15+/t22-,23-,24-,25+,26+,27-,28+,29+/m1/s1. The molecule has 0 unspecified atom stereocenters. The van der Waals surface area contributed by atoms with Gasteiger partial charge in [0.15, 0.2) is 0 Å². The maximum absolute atomic E-state index is 11.5. The Morgan fingerprint density at radius 1 is 0.903 bits per heavy atom. The maximum Gasteiger partial charge on any atom is 0.0809 e. The van der Waals surface area contributed by atoms with Crippen molar-refractivity contribution in [2.24, 2.45) is 34.5 Å². The first-order valence-corrected chi connectivity index (χ1v) is 12.9. The van der Waals surface area contributed by atoms with E-state index in [1.807, 2.05) is 0 Å². The first-order valence-electron chi connectivity index (χ1n) is 12.9. The maximum atomic E-state index is 11.5. The van der Waals surface area contributed by atoms with Gasteiger partial charge in [0.1, 0.15) is 0 Å². The minimum absolute atomic E-state index is 0.0300. The molecule has 4 fully saturated rings. The molecule has 0 bridgehead atoms. The zero-order valence-corrected chi connectivity index (χ0v) is 20.0. The average Bonchev–Trinajstić information content (AvgIpc) is 2.99. The van der Waals surface area contributed by atoms with Crippen LogP contribution in [0.1, 0.15) is 96.1 Å². The van der Waals surface area contributed by atoms with Gasteiger partial charge in [-0.1, -0.05) is 58.0 Å². The lowest BCUT2D eigenvalue weighted by molar-refractivity contribution is -0.133. The van der Waals surface area contributed by atoms with E-state index >= 15 is 0 Å². The van der Waals surface area contributed by atoms with Crippen molar-refractivity contribution in [3.05, 3.63) is 41.0 Å². The summed E-state index contributed by atoms with van der Waals surface area (Å²) in [6.07, 6.45) is 11.1. The van der Waals surface area contributed by atoms with Crippen molar-refractivity contribution in [3.63, 3.8) is 0 Å². The van der Waals surface area contributed by atoms with E-state index in [2.05, 4.69) is 58.0 Å². The van der Waals surface area contributed by atoms with Gasteiger partial charge in [0.25, 0.3) is 0 Å². The molecule has 0 spiro atoms. The minimum Gasteiger partial charge on any atom is -0.393 e. The predicted molar refractivity (Wildman–Crippen MR) is 128 cm³/mol. The number of aliphatic hydroxyl groups excluding tert-OH is 2. The summed E-state index contributed by atoms with van der Waals surface area (Å²) < 4.78 is 0. The van der Waals surface area contributed by atoms with Crippen LogP contribution in [-0.4, -0.2) is 22.4 Å². The van der Waals surface area contributed by atoms with Gasteiger partial charge in [-0.2, -0.15) is 0 Å². The van der Waals surface area contributed by atoms with Crippen molar-refractivity contribution < 1.29 is 10.2 Å². The van der Waals surface area contributed by atoms with Gasteiger partial charge < -0.3 is 10.2 Å². The van der Waals surface area contributed by atoms with Crippen molar-refractivity contribution in [2.75, 3.05) is 0 Å². The molecule has 0 amide bonds. The van der Waals surface area contributed by atoms with Crippen molar-refractivity contribution >= 4 is 6.08 Å². The molecule has 1 aromatic carbocycles. The monoisotopic (exact) mass is 422 g/mol. The lowest BCUT2D eigenvalue weighted by atomic mass is 9.45. The van der Waals surface area contributed by atoms with Gasteiger partial charge in [0, 0.05) is 5.41 Å². The molecule has 0 aliphatic heterocycles. The predicted octanol–water partition coefficient (Wildman–Crippen LogP) is 6.57. The fourth-order valence-electron chi connectivity index (χ4n) is 8.43. The Morgan fingerprint density at radius 2 is 1.61 bits per heavy atom. The molecule has 5 rings (SSSR count). The van der Waals surface area contributed by atoms with Crippen molar-refractivity contribution in [2.45, 2.75) is 97.2 Å². The van der Waals surface area contributed by atoms with Gasteiger partial charge in [0.05, 0.1) is 12.2 Å². The molecule has 1 aromatic rings. The number of fused-ring (bicyclic) bond motifs is 5.